The summed E-state index contributed by atoms with van der Waals surface area (Å²) < 4.78 is 1.68. The zero-order valence-electron chi connectivity index (χ0n) is 11.0. The molecule has 0 radical (unpaired) electrons. The van der Waals surface area contributed by atoms with Gasteiger partial charge in [0.15, 0.2) is 0 Å². The summed E-state index contributed by atoms with van der Waals surface area (Å²) in [5, 5.41) is 5.20. The zero-order valence-corrected chi connectivity index (χ0v) is 11.8. The Labute approximate surface area is 122 Å². The second kappa shape index (κ2) is 5.02. The van der Waals surface area contributed by atoms with Crippen LogP contribution in [0.1, 0.15) is 0 Å². The number of nitrogens with two attached hydrogens (primary N) is 1. The van der Waals surface area contributed by atoms with E-state index in [1.54, 1.807) is 4.68 Å². The predicted molar refractivity (Wildman–Crippen MR) is 83.5 cm³/mol. The topological polar surface area (TPSA) is 43.8 Å². The monoisotopic (exact) mass is 283 g/mol. The van der Waals surface area contributed by atoms with Crippen LogP contribution in [0.25, 0.3) is 22.4 Å². The molecule has 4 heteroatoms. The molecule has 2 aromatic carbocycles. The normalized spacial score (nSPS) is 10.7. The first-order chi connectivity index (χ1) is 9.68. The molecule has 0 saturated heterocycles. The molecule has 100 valence electrons. The highest BCUT2D eigenvalue weighted by Gasteiger charge is 2.18. The molecule has 0 unspecified atom stereocenters. The number of hydrogen-bond donors (Lipinski definition) is 1. The average Bonchev–Trinajstić information content (AvgIpc) is 2.77. The maximum absolute atomic E-state index is 6.31. The number of hydrogen-bond acceptors (Lipinski definition) is 2. The van der Waals surface area contributed by atoms with Crippen molar-refractivity contribution in [3.63, 3.8) is 0 Å². The lowest BCUT2D eigenvalue weighted by atomic mass is 10.0. The number of halogens is 1. The lowest BCUT2D eigenvalue weighted by Crippen LogP contribution is -1.98. The van der Waals surface area contributed by atoms with Gasteiger partial charge in [0.05, 0.1) is 5.56 Å². The zero-order chi connectivity index (χ0) is 14.1. The van der Waals surface area contributed by atoms with Crippen molar-refractivity contribution in [2.75, 3.05) is 5.73 Å². The molecule has 1 heterocycles. The minimum Gasteiger partial charge on any atom is -0.383 e. The number of aryl methyl sites for hydroxylation is 1. The molecule has 3 nitrogen and oxygen atoms in total. The summed E-state index contributed by atoms with van der Waals surface area (Å²) in [6.45, 7) is 0. The molecular formula is C16H14ClN3. The van der Waals surface area contributed by atoms with Gasteiger partial charge in [-0.1, -0.05) is 60.1 Å². The Morgan fingerprint density at radius 2 is 1.65 bits per heavy atom. The van der Waals surface area contributed by atoms with Crippen LogP contribution in [0, 0.1) is 0 Å². The van der Waals surface area contributed by atoms with Crippen molar-refractivity contribution >= 4 is 17.4 Å². The fourth-order valence-electron chi connectivity index (χ4n) is 2.26. The van der Waals surface area contributed by atoms with Gasteiger partial charge in [-0.05, 0) is 6.07 Å². The van der Waals surface area contributed by atoms with Crippen molar-refractivity contribution in [1.29, 1.82) is 0 Å². The molecule has 0 bridgehead atoms. The van der Waals surface area contributed by atoms with E-state index in [-0.39, 0.29) is 0 Å². The van der Waals surface area contributed by atoms with Crippen LogP contribution in [0.2, 0.25) is 5.02 Å². The van der Waals surface area contributed by atoms with Gasteiger partial charge in [0.1, 0.15) is 11.5 Å². The summed E-state index contributed by atoms with van der Waals surface area (Å²) in [6.07, 6.45) is 0. The molecule has 1 aromatic heterocycles. The number of rotatable bonds is 2. The summed E-state index contributed by atoms with van der Waals surface area (Å²) in [5.74, 6) is 0.608. The van der Waals surface area contributed by atoms with Crippen LogP contribution < -0.4 is 5.73 Å². The molecule has 3 rings (SSSR count). The number of nitrogens with zero attached hydrogens (tertiary/aromatic N) is 2. The highest BCUT2D eigenvalue weighted by Crippen LogP contribution is 2.38. The Morgan fingerprint density at radius 1 is 1.00 bits per heavy atom. The third-order valence-electron chi connectivity index (χ3n) is 3.28. The Bertz CT molecular complexity index is 748. The van der Waals surface area contributed by atoms with Gasteiger partial charge in [-0.25, -0.2) is 0 Å². The van der Waals surface area contributed by atoms with Crippen LogP contribution in [0.15, 0.2) is 54.6 Å². The van der Waals surface area contributed by atoms with Crippen molar-refractivity contribution in [2.45, 2.75) is 0 Å². The van der Waals surface area contributed by atoms with Crippen LogP contribution in [-0.4, -0.2) is 9.78 Å². The van der Waals surface area contributed by atoms with Crippen LogP contribution in [0.4, 0.5) is 5.82 Å². The van der Waals surface area contributed by atoms with Crippen LogP contribution in [0.5, 0.6) is 0 Å². The van der Waals surface area contributed by atoms with Crippen molar-refractivity contribution in [2.24, 2.45) is 7.05 Å². The molecule has 0 aliphatic heterocycles. The second-order valence-corrected chi connectivity index (χ2v) is 4.99. The minimum atomic E-state index is 0.608. The predicted octanol–water partition coefficient (Wildman–Crippen LogP) is 3.99. The standard InChI is InChI=1S/C16H14ClN3/c1-20-16(18)14(12-9-5-6-10-13(12)17)15(19-20)11-7-3-2-4-8-11/h2-10H,18H2,1H3. The number of nitrogen functional groups attached to an aromatic ring is 1. The molecule has 0 fully saturated rings. The first-order valence-electron chi connectivity index (χ1n) is 6.31. The molecule has 0 aliphatic rings. The molecule has 20 heavy (non-hydrogen) atoms. The first kappa shape index (κ1) is 12.8. The van der Waals surface area contributed by atoms with Gasteiger partial charge in [-0.15, -0.1) is 0 Å². The largest absolute Gasteiger partial charge is 0.383 e. The van der Waals surface area contributed by atoms with Gasteiger partial charge in [0, 0.05) is 23.2 Å². The summed E-state index contributed by atoms with van der Waals surface area (Å²) in [6, 6.07) is 17.6. The van der Waals surface area contributed by atoms with Crippen molar-refractivity contribution in [3.8, 4) is 22.4 Å². The summed E-state index contributed by atoms with van der Waals surface area (Å²) in [5.41, 5.74) is 9.83. The maximum Gasteiger partial charge on any atom is 0.129 e. The van der Waals surface area contributed by atoms with Crippen LogP contribution in [0.3, 0.4) is 0 Å². The lowest BCUT2D eigenvalue weighted by Gasteiger charge is -2.06. The van der Waals surface area contributed by atoms with E-state index < -0.39 is 0 Å². The van der Waals surface area contributed by atoms with Gasteiger partial charge in [-0.3, -0.25) is 4.68 Å². The number of anilines is 1. The van der Waals surface area contributed by atoms with Crippen molar-refractivity contribution in [3.05, 3.63) is 59.6 Å². The summed E-state index contributed by atoms with van der Waals surface area (Å²) in [7, 11) is 1.84. The Hall–Kier alpha value is -2.26. The summed E-state index contributed by atoms with van der Waals surface area (Å²) in [4.78, 5) is 0. The third-order valence-corrected chi connectivity index (χ3v) is 3.61. The van der Waals surface area contributed by atoms with E-state index in [4.69, 9.17) is 17.3 Å². The Kier molecular flexibility index (Phi) is 3.20. The second-order valence-electron chi connectivity index (χ2n) is 4.58. The minimum absolute atomic E-state index is 0.608. The van der Waals surface area contributed by atoms with E-state index in [1.807, 2.05) is 61.6 Å². The van der Waals surface area contributed by atoms with E-state index in [2.05, 4.69) is 5.10 Å². The van der Waals surface area contributed by atoms with Gasteiger partial charge in [-0.2, -0.15) is 5.10 Å². The molecule has 0 spiro atoms. The highest BCUT2D eigenvalue weighted by atomic mass is 35.5. The number of aromatic nitrogens is 2. The van der Waals surface area contributed by atoms with Gasteiger partial charge in [0.25, 0.3) is 0 Å². The molecule has 0 aliphatic carbocycles. The van der Waals surface area contributed by atoms with Crippen LogP contribution in [-0.2, 0) is 7.05 Å². The number of benzene rings is 2. The molecule has 3 aromatic rings. The van der Waals surface area contributed by atoms with Gasteiger partial charge in [0.2, 0.25) is 0 Å². The summed E-state index contributed by atoms with van der Waals surface area (Å²) >= 11 is 6.31. The smallest absolute Gasteiger partial charge is 0.129 e. The van der Waals surface area contributed by atoms with Crippen molar-refractivity contribution < 1.29 is 0 Å². The van der Waals surface area contributed by atoms with E-state index in [0.29, 0.717) is 10.8 Å². The molecule has 2 N–H and O–H groups in total. The quantitative estimate of drug-likeness (QED) is 0.773. The Morgan fingerprint density at radius 3 is 2.35 bits per heavy atom. The van der Waals surface area contributed by atoms with Crippen molar-refractivity contribution in [1.82, 2.24) is 9.78 Å². The Balaban J connectivity index is 2.29. The average molecular weight is 284 g/mol. The van der Waals surface area contributed by atoms with E-state index >= 15 is 0 Å². The van der Waals surface area contributed by atoms with E-state index in [1.165, 1.54) is 0 Å². The first-order valence-corrected chi connectivity index (χ1v) is 6.69. The van der Waals surface area contributed by atoms with E-state index in [0.717, 1.165) is 22.4 Å². The highest BCUT2D eigenvalue weighted by molar-refractivity contribution is 6.33. The lowest BCUT2D eigenvalue weighted by molar-refractivity contribution is 0.782. The fraction of sp³-hybridized carbons (Fsp3) is 0.0625. The van der Waals surface area contributed by atoms with Gasteiger partial charge >= 0.3 is 0 Å². The van der Waals surface area contributed by atoms with Crippen LogP contribution >= 0.6 is 11.6 Å². The molecule has 0 atom stereocenters. The van der Waals surface area contributed by atoms with Gasteiger partial charge < -0.3 is 5.73 Å². The molecule has 0 amide bonds. The van der Waals surface area contributed by atoms with E-state index in [9.17, 15) is 0 Å². The molecule has 0 saturated carbocycles. The fourth-order valence-corrected chi connectivity index (χ4v) is 2.49. The molecular weight excluding hydrogens is 270 g/mol. The SMILES string of the molecule is Cn1nc(-c2ccccc2)c(-c2ccccc2Cl)c1N. The maximum atomic E-state index is 6.31. The third kappa shape index (κ3) is 2.06.